The van der Waals surface area contributed by atoms with Crippen molar-refractivity contribution in [3.8, 4) is 0 Å². The van der Waals surface area contributed by atoms with Crippen LogP contribution in [0.2, 0.25) is 0 Å². The number of nitrogens with zero attached hydrogens (tertiary/aromatic N) is 2. The van der Waals surface area contributed by atoms with Crippen LogP contribution in [0, 0.1) is 0 Å². The van der Waals surface area contributed by atoms with Gasteiger partial charge in [-0.3, -0.25) is 4.68 Å². The van der Waals surface area contributed by atoms with Gasteiger partial charge < -0.3 is 5.11 Å². The van der Waals surface area contributed by atoms with Crippen molar-refractivity contribution in [1.29, 1.82) is 0 Å². The Balaban J connectivity index is 3.05. The van der Waals surface area contributed by atoms with E-state index in [0.29, 0.717) is 6.42 Å². The number of carboxylic acid groups (broad SMARTS) is 1. The van der Waals surface area contributed by atoms with Gasteiger partial charge in [-0.1, -0.05) is 6.92 Å². The number of hydrogen-bond acceptors (Lipinski definition) is 4. The van der Waals surface area contributed by atoms with E-state index in [0.717, 1.165) is 0 Å². The van der Waals surface area contributed by atoms with Crippen LogP contribution in [0.15, 0.2) is 6.20 Å². The predicted octanol–water partition coefficient (Wildman–Crippen LogP) is 0.443. The van der Waals surface area contributed by atoms with Crippen LogP contribution in [-0.2, 0) is 22.6 Å². The number of aryl methyl sites for hydroxylation is 1. The second kappa shape index (κ2) is 4.65. The van der Waals surface area contributed by atoms with Crippen molar-refractivity contribution < 1.29 is 18.3 Å². The molecule has 0 aliphatic rings. The van der Waals surface area contributed by atoms with E-state index in [1.165, 1.54) is 17.9 Å². The minimum Gasteiger partial charge on any atom is -0.478 e. The minimum atomic E-state index is -3.26. The second-order valence-electron chi connectivity index (χ2n) is 3.53. The molecule has 6 nitrogen and oxygen atoms in total. The molecule has 1 aromatic heterocycles. The first kappa shape index (κ1) is 12.7. The van der Waals surface area contributed by atoms with E-state index in [9.17, 15) is 13.2 Å². The first-order valence-electron chi connectivity index (χ1n) is 4.82. The lowest BCUT2D eigenvalue weighted by Crippen LogP contribution is -2.14. The number of aromatic nitrogens is 2. The van der Waals surface area contributed by atoms with Gasteiger partial charge in [0.05, 0.1) is 23.4 Å². The molecule has 0 saturated heterocycles. The summed E-state index contributed by atoms with van der Waals surface area (Å²) in [5.74, 6) is -1.38. The van der Waals surface area contributed by atoms with Gasteiger partial charge in [0.15, 0.2) is 9.84 Å². The summed E-state index contributed by atoms with van der Waals surface area (Å²) in [6.07, 6.45) is 1.68. The van der Waals surface area contributed by atoms with Crippen molar-refractivity contribution in [2.24, 2.45) is 7.05 Å². The maximum absolute atomic E-state index is 11.6. The molecule has 1 rings (SSSR count). The number of aromatic carboxylic acids is 1. The SMILES string of the molecule is CCCS(=O)(=O)Cc1c(C(=O)O)cnn1C. The Morgan fingerprint density at radius 3 is 2.69 bits per heavy atom. The normalized spacial score (nSPS) is 11.6. The molecule has 0 radical (unpaired) electrons. The third kappa shape index (κ3) is 2.82. The molecule has 0 fully saturated rings. The van der Waals surface area contributed by atoms with Crippen molar-refractivity contribution in [2.45, 2.75) is 19.1 Å². The Morgan fingerprint density at radius 1 is 1.56 bits per heavy atom. The van der Waals surface area contributed by atoms with Gasteiger partial charge in [0.25, 0.3) is 0 Å². The summed E-state index contributed by atoms with van der Waals surface area (Å²) < 4.78 is 24.5. The van der Waals surface area contributed by atoms with Gasteiger partial charge in [0, 0.05) is 7.05 Å². The number of hydrogen-bond donors (Lipinski definition) is 1. The Bertz CT molecular complexity index is 490. The van der Waals surface area contributed by atoms with Crippen LogP contribution in [-0.4, -0.2) is 35.0 Å². The fourth-order valence-electron chi connectivity index (χ4n) is 1.40. The standard InChI is InChI=1S/C9H14N2O4S/c1-3-4-16(14,15)6-8-7(9(12)13)5-10-11(8)2/h5H,3-4,6H2,1-2H3,(H,12,13). The van der Waals surface area contributed by atoms with Crippen LogP contribution in [0.5, 0.6) is 0 Å². The van der Waals surface area contributed by atoms with Gasteiger partial charge in [0.1, 0.15) is 5.56 Å². The zero-order chi connectivity index (χ0) is 12.3. The van der Waals surface area contributed by atoms with E-state index in [1.54, 1.807) is 6.92 Å². The number of carboxylic acids is 1. The Hall–Kier alpha value is -1.37. The average molecular weight is 246 g/mol. The summed E-state index contributed by atoms with van der Waals surface area (Å²) in [5.41, 5.74) is 0.170. The molecule has 0 atom stereocenters. The lowest BCUT2D eigenvalue weighted by Gasteiger charge is -2.04. The zero-order valence-corrected chi connectivity index (χ0v) is 9.99. The molecule has 0 amide bonds. The quantitative estimate of drug-likeness (QED) is 0.814. The summed E-state index contributed by atoms with van der Waals surface area (Å²) in [6, 6.07) is 0. The van der Waals surface area contributed by atoms with Crippen LogP contribution >= 0.6 is 0 Å². The van der Waals surface area contributed by atoms with Crippen LogP contribution < -0.4 is 0 Å². The van der Waals surface area contributed by atoms with Gasteiger partial charge in [-0.2, -0.15) is 5.10 Å². The first-order chi connectivity index (χ1) is 7.37. The fraction of sp³-hybridized carbons (Fsp3) is 0.556. The van der Waals surface area contributed by atoms with Gasteiger partial charge >= 0.3 is 5.97 Å². The smallest absolute Gasteiger partial charge is 0.339 e. The average Bonchev–Trinajstić information content (AvgIpc) is 2.47. The first-order valence-corrected chi connectivity index (χ1v) is 6.64. The van der Waals surface area contributed by atoms with Crippen molar-refractivity contribution in [3.05, 3.63) is 17.5 Å². The molecule has 0 bridgehead atoms. The monoisotopic (exact) mass is 246 g/mol. The minimum absolute atomic E-state index is 0.0528. The maximum atomic E-state index is 11.6. The van der Waals surface area contributed by atoms with Crippen LogP contribution in [0.1, 0.15) is 29.4 Å². The lowest BCUT2D eigenvalue weighted by molar-refractivity contribution is 0.0696. The summed E-state index contributed by atoms with van der Waals surface area (Å²) in [5, 5.41) is 12.6. The molecule has 0 aliphatic carbocycles. The third-order valence-electron chi connectivity index (χ3n) is 2.16. The highest BCUT2D eigenvalue weighted by molar-refractivity contribution is 7.90. The molecule has 1 N–H and O–H groups in total. The van der Waals surface area contributed by atoms with Gasteiger partial charge in [-0.05, 0) is 6.42 Å². The van der Waals surface area contributed by atoms with Crippen LogP contribution in [0.3, 0.4) is 0 Å². The van der Waals surface area contributed by atoms with E-state index in [1.807, 2.05) is 0 Å². The van der Waals surface area contributed by atoms with Crippen molar-refractivity contribution in [1.82, 2.24) is 9.78 Å². The zero-order valence-electron chi connectivity index (χ0n) is 9.17. The van der Waals surface area contributed by atoms with Gasteiger partial charge in [-0.25, -0.2) is 13.2 Å². The maximum Gasteiger partial charge on any atom is 0.339 e. The number of carbonyl (C=O) groups is 1. The fourth-order valence-corrected chi connectivity index (χ4v) is 2.93. The lowest BCUT2D eigenvalue weighted by atomic mass is 10.3. The molecule has 1 heterocycles. The molecular formula is C9H14N2O4S. The largest absolute Gasteiger partial charge is 0.478 e. The molecule has 0 aromatic carbocycles. The van der Waals surface area contributed by atoms with E-state index >= 15 is 0 Å². The number of rotatable bonds is 5. The molecular weight excluding hydrogens is 232 g/mol. The molecule has 0 unspecified atom stereocenters. The molecule has 0 spiro atoms. The highest BCUT2D eigenvalue weighted by Crippen LogP contribution is 2.12. The third-order valence-corrected chi connectivity index (χ3v) is 3.91. The predicted molar refractivity (Wildman–Crippen MR) is 57.9 cm³/mol. The Labute approximate surface area is 93.8 Å². The molecule has 0 saturated carbocycles. The topological polar surface area (TPSA) is 89.3 Å². The van der Waals surface area contributed by atoms with E-state index < -0.39 is 15.8 Å². The van der Waals surface area contributed by atoms with Crippen molar-refractivity contribution in [2.75, 3.05) is 5.75 Å². The molecule has 16 heavy (non-hydrogen) atoms. The summed E-state index contributed by atoms with van der Waals surface area (Å²) >= 11 is 0. The molecule has 90 valence electrons. The highest BCUT2D eigenvalue weighted by Gasteiger charge is 2.20. The molecule has 7 heteroatoms. The van der Waals surface area contributed by atoms with Crippen LogP contribution in [0.25, 0.3) is 0 Å². The van der Waals surface area contributed by atoms with Crippen molar-refractivity contribution >= 4 is 15.8 Å². The number of sulfone groups is 1. The Kier molecular flexibility index (Phi) is 3.69. The Morgan fingerprint density at radius 2 is 2.19 bits per heavy atom. The molecule has 1 aromatic rings. The van der Waals surface area contributed by atoms with E-state index in [4.69, 9.17) is 5.11 Å². The van der Waals surface area contributed by atoms with Gasteiger partial charge in [-0.15, -0.1) is 0 Å². The van der Waals surface area contributed by atoms with E-state index in [-0.39, 0.29) is 22.8 Å². The second-order valence-corrected chi connectivity index (χ2v) is 5.71. The van der Waals surface area contributed by atoms with E-state index in [2.05, 4.69) is 5.10 Å². The van der Waals surface area contributed by atoms with Crippen LogP contribution in [0.4, 0.5) is 0 Å². The van der Waals surface area contributed by atoms with Gasteiger partial charge in [0.2, 0.25) is 0 Å². The summed E-state index contributed by atoms with van der Waals surface area (Å²) in [4.78, 5) is 10.8. The highest BCUT2D eigenvalue weighted by atomic mass is 32.2. The molecule has 0 aliphatic heterocycles. The van der Waals surface area contributed by atoms with Crippen molar-refractivity contribution in [3.63, 3.8) is 0 Å². The summed E-state index contributed by atoms with van der Waals surface area (Å²) in [7, 11) is -1.73. The summed E-state index contributed by atoms with van der Waals surface area (Å²) in [6.45, 7) is 1.76.